The van der Waals surface area contributed by atoms with Gasteiger partial charge in [0, 0.05) is 17.5 Å². The maximum atomic E-state index is 13.7. The Balaban J connectivity index is 1.57. The highest BCUT2D eigenvalue weighted by Crippen LogP contribution is 2.48. The predicted molar refractivity (Wildman–Crippen MR) is 158 cm³/mol. The number of pyridine rings is 1. The number of aromatic nitrogens is 1. The van der Waals surface area contributed by atoms with Gasteiger partial charge in [0.15, 0.2) is 16.7 Å². The third-order valence-electron chi connectivity index (χ3n) is 6.61. The summed E-state index contributed by atoms with van der Waals surface area (Å²) in [6, 6.07) is 20.0. The smallest absolute Gasteiger partial charge is 0.338 e. The number of carbonyl (C=O) groups is 2. The molecule has 0 bridgehead atoms. The Hall–Kier alpha value is -4.57. The molecule has 1 atom stereocenters. The lowest BCUT2D eigenvalue weighted by Crippen LogP contribution is -2.38. The Morgan fingerprint density at radius 2 is 1.78 bits per heavy atom. The number of rotatable bonds is 10. The molecule has 0 fully saturated rings. The van der Waals surface area contributed by atoms with Gasteiger partial charge in [-0.15, -0.1) is 0 Å². The van der Waals surface area contributed by atoms with Crippen molar-refractivity contribution in [1.29, 1.82) is 0 Å². The molecule has 2 aliphatic rings. The lowest BCUT2D eigenvalue weighted by atomic mass is 9.91. The highest BCUT2D eigenvalue weighted by molar-refractivity contribution is 8.16. The number of hydrogen-bond acceptors (Lipinski definition) is 9. The topological polar surface area (TPSA) is 102 Å². The zero-order valence-electron chi connectivity index (χ0n) is 23.0. The van der Waals surface area contributed by atoms with E-state index in [1.807, 2.05) is 71.0 Å². The second-order valence-corrected chi connectivity index (χ2v) is 9.97. The molecule has 0 spiro atoms. The first-order valence-corrected chi connectivity index (χ1v) is 14.0. The van der Waals surface area contributed by atoms with Gasteiger partial charge in [-0.05, 0) is 42.2 Å². The van der Waals surface area contributed by atoms with Crippen LogP contribution in [0.5, 0.6) is 11.5 Å². The Bertz CT molecular complexity index is 1520. The van der Waals surface area contributed by atoms with Crippen molar-refractivity contribution in [3.63, 3.8) is 0 Å². The Morgan fingerprint density at radius 1 is 1.00 bits per heavy atom. The van der Waals surface area contributed by atoms with E-state index in [9.17, 15) is 9.59 Å². The number of methoxy groups -OCH3 is 2. The molecule has 0 saturated carbocycles. The number of benzene rings is 2. The third kappa shape index (κ3) is 5.97. The summed E-state index contributed by atoms with van der Waals surface area (Å²) in [5.74, 6) is 0.422. The van der Waals surface area contributed by atoms with Crippen molar-refractivity contribution in [3.05, 3.63) is 106 Å². The number of carbonyl (C=O) groups excluding carboxylic acids is 2. The molecule has 0 radical (unpaired) electrons. The Kier molecular flexibility index (Phi) is 8.69. The molecule has 2 aromatic carbocycles. The van der Waals surface area contributed by atoms with E-state index in [1.165, 1.54) is 11.8 Å². The van der Waals surface area contributed by atoms with Gasteiger partial charge in [0.25, 0.3) is 0 Å². The monoisotopic (exact) mass is 570 g/mol. The van der Waals surface area contributed by atoms with Gasteiger partial charge in [-0.1, -0.05) is 54.2 Å². The van der Waals surface area contributed by atoms with Crippen LogP contribution in [-0.2, 0) is 20.9 Å². The molecule has 3 heterocycles. The summed E-state index contributed by atoms with van der Waals surface area (Å²) in [6.45, 7) is 2.28. The standard InChI is InChI=1S/C31H30N4O5S/c1-4-40-30(37)27-28(20-10-6-5-7-11-20)34-31-35(29(27)21-13-14-24(38-2)25(16-21)39-3)23(19-41-31)17-26(36)33-18-22-12-8-9-15-32-22/h5-16,19,29H,4,17-18H2,1-3H3,(H,33,36). The number of amidine groups is 1. The summed E-state index contributed by atoms with van der Waals surface area (Å²) in [5, 5.41) is 5.50. The van der Waals surface area contributed by atoms with Crippen LogP contribution in [-0.4, -0.2) is 47.8 Å². The van der Waals surface area contributed by atoms with Gasteiger partial charge in [0.2, 0.25) is 5.91 Å². The number of nitrogens with one attached hydrogen (secondary N) is 1. The summed E-state index contributed by atoms with van der Waals surface area (Å²) >= 11 is 1.41. The van der Waals surface area contributed by atoms with Crippen LogP contribution in [0.1, 0.15) is 36.2 Å². The number of nitrogens with zero attached hydrogens (tertiary/aromatic N) is 3. The van der Waals surface area contributed by atoms with Crippen molar-refractivity contribution < 1.29 is 23.8 Å². The van der Waals surface area contributed by atoms with Gasteiger partial charge in [-0.3, -0.25) is 9.78 Å². The molecule has 0 aliphatic carbocycles. The number of thioether (sulfide) groups is 1. The summed E-state index contributed by atoms with van der Waals surface area (Å²) in [7, 11) is 3.14. The van der Waals surface area contributed by atoms with Gasteiger partial charge in [0.1, 0.15) is 0 Å². The highest BCUT2D eigenvalue weighted by Gasteiger charge is 2.42. The lowest BCUT2D eigenvalue weighted by molar-refractivity contribution is -0.139. The van der Waals surface area contributed by atoms with Crippen LogP contribution in [0.15, 0.2) is 94.6 Å². The van der Waals surface area contributed by atoms with Crippen molar-refractivity contribution >= 4 is 34.5 Å². The summed E-state index contributed by atoms with van der Waals surface area (Å²) in [6.07, 6.45) is 1.77. The molecule has 1 N–H and O–H groups in total. The number of fused-ring (bicyclic) bond motifs is 1. The van der Waals surface area contributed by atoms with Gasteiger partial charge in [0.05, 0.1) is 56.8 Å². The molecule has 41 heavy (non-hydrogen) atoms. The van der Waals surface area contributed by atoms with Crippen LogP contribution in [0.2, 0.25) is 0 Å². The molecular formula is C31H30N4O5S. The SMILES string of the molecule is CCOC(=O)C1=C(c2ccccc2)N=C2SC=C(CC(=O)NCc3ccccn3)N2C1c1ccc(OC)c(OC)c1. The molecule has 10 heteroatoms. The lowest BCUT2D eigenvalue weighted by Gasteiger charge is -2.37. The number of amides is 1. The zero-order chi connectivity index (χ0) is 28.8. The quantitative estimate of drug-likeness (QED) is 0.337. The van der Waals surface area contributed by atoms with Crippen LogP contribution in [0.25, 0.3) is 5.70 Å². The van der Waals surface area contributed by atoms with Crippen molar-refractivity contribution in [3.8, 4) is 11.5 Å². The molecule has 2 aliphatic heterocycles. The van der Waals surface area contributed by atoms with Gasteiger partial charge >= 0.3 is 5.97 Å². The maximum absolute atomic E-state index is 13.7. The van der Waals surface area contributed by atoms with Crippen molar-refractivity contribution in [2.45, 2.75) is 25.9 Å². The number of hydrogen-bond donors (Lipinski definition) is 1. The molecule has 9 nitrogen and oxygen atoms in total. The first-order chi connectivity index (χ1) is 20.0. The third-order valence-corrected chi connectivity index (χ3v) is 7.50. The fourth-order valence-electron chi connectivity index (χ4n) is 4.75. The van der Waals surface area contributed by atoms with Gasteiger partial charge < -0.3 is 24.4 Å². The van der Waals surface area contributed by atoms with E-state index in [2.05, 4.69) is 10.3 Å². The minimum atomic E-state index is -0.638. The predicted octanol–water partition coefficient (Wildman–Crippen LogP) is 5.08. The molecular weight excluding hydrogens is 540 g/mol. The first-order valence-electron chi connectivity index (χ1n) is 13.1. The number of ether oxygens (including phenoxy) is 3. The average molecular weight is 571 g/mol. The second-order valence-electron chi connectivity index (χ2n) is 9.13. The summed E-state index contributed by atoms with van der Waals surface area (Å²) in [5.41, 5.74) is 3.91. The molecule has 0 saturated heterocycles. The molecule has 1 unspecified atom stereocenters. The van der Waals surface area contributed by atoms with Crippen molar-refractivity contribution in [1.82, 2.24) is 15.2 Å². The van der Waals surface area contributed by atoms with Crippen LogP contribution in [0, 0.1) is 0 Å². The molecule has 5 rings (SSSR count). The fourth-order valence-corrected chi connectivity index (χ4v) is 5.66. The minimum Gasteiger partial charge on any atom is -0.493 e. The Morgan fingerprint density at radius 3 is 2.49 bits per heavy atom. The molecule has 210 valence electrons. The Labute approximate surface area is 242 Å². The average Bonchev–Trinajstić information content (AvgIpc) is 3.41. The molecule has 1 amide bonds. The summed E-state index contributed by atoms with van der Waals surface area (Å²) < 4.78 is 16.6. The number of esters is 1. The normalized spacial score (nSPS) is 16.0. The summed E-state index contributed by atoms with van der Waals surface area (Å²) in [4.78, 5) is 37.9. The first kappa shape index (κ1) is 28.0. The van der Waals surface area contributed by atoms with Crippen LogP contribution < -0.4 is 14.8 Å². The van der Waals surface area contributed by atoms with Crippen molar-refractivity contribution in [2.24, 2.45) is 4.99 Å². The van der Waals surface area contributed by atoms with E-state index in [-0.39, 0.29) is 18.9 Å². The van der Waals surface area contributed by atoms with E-state index >= 15 is 0 Å². The number of aliphatic imine (C=N–C) groups is 1. The molecule has 1 aromatic heterocycles. The van der Waals surface area contributed by atoms with E-state index in [0.717, 1.165) is 16.8 Å². The van der Waals surface area contributed by atoms with Crippen LogP contribution >= 0.6 is 11.8 Å². The highest BCUT2D eigenvalue weighted by atomic mass is 32.2. The zero-order valence-corrected chi connectivity index (χ0v) is 23.8. The largest absolute Gasteiger partial charge is 0.493 e. The van der Waals surface area contributed by atoms with E-state index in [4.69, 9.17) is 19.2 Å². The second kappa shape index (κ2) is 12.7. The fraction of sp³-hybridized carbons (Fsp3) is 0.226. The minimum absolute atomic E-state index is 0.0828. The van der Waals surface area contributed by atoms with Crippen molar-refractivity contribution in [2.75, 3.05) is 20.8 Å². The van der Waals surface area contributed by atoms with E-state index in [1.54, 1.807) is 33.4 Å². The molecule has 3 aromatic rings. The van der Waals surface area contributed by atoms with Crippen LogP contribution in [0.4, 0.5) is 0 Å². The van der Waals surface area contributed by atoms with Crippen LogP contribution in [0.3, 0.4) is 0 Å². The van der Waals surface area contributed by atoms with E-state index < -0.39 is 12.0 Å². The van der Waals surface area contributed by atoms with Gasteiger partial charge in [-0.25, -0.2) is 9.79 Å². The van der Waals surface area contributed by atoms with Gasteiger partial charge in [-0.2, -0.15) is 0 Å². The maximum Gasteiger partial charge on any atom is 0.338 e. The van der Waals surface area contributed by atoms with E-state index in [0.29, 0.717) is 40.2 Å².